The molecule has 1 rings (SSSR count). The Morgan fingerprint density at radius 3 is 2.55 bits per heavy atom. The molecular formula is C8H15BN2. The maximum Gasteiger partial charge on any atom is 0.268 e. The molecule has 0 spiro atoms. The van der Waals surface area contributed by atoms with Gasteiger partial charge in [0.2, 0.25) is 0 Å². The molecule has 1 N–H and O–H groups in total. The minimum Gasteiger partial charge on any atom is -0.316 e. The standard InChI is InChI=1S/C8H15BN2/c1-3-9(7-10)4-8(2)5-11-6-8/h11H,3-6H2,1-2H3. The fraction of sp³-hybridized carbons (Fsp3) is 0.875. The Morgan fingerprint density at radius 1 is 1.64 bits per heavy atom. The average Bonchev–Trinajstić information content (AvgIpc) is 1.97. The second kappa shape index (κ2) is 3.27. The van der Waals surface area contributed by atoms with E-state index in [4.69, 9.17) is 5.26 Å². The lowest BCUT2D eigenvalue weighted by Crippen LogP contribution is -2.52. The zero-order chi connectivity index (χ0) is 8.32. The van der Waals surface area contributed by atoms with Gasteiger partial charge < -0.3 is 5.32 Å². The van der Waals surface area contributed by atoms with Crippen molar-refractivity contribution in [3.05, 3.63) is 0 Å². The topological polar surface area (TPSA) is 35.8 Å². The van der Waals surface area contributed by atoms with Crippen LogP contribution in [-0.4, -0.2) is 19.8 Å². The SMILES string of the molecule is CCB(C#N)CC1(C)CNC1. The maximum absolute atomic E-state index is 8.74. The van der Waals surface area contributed by atoms with E-state index in [9.17, 15) is 0 Å². The summed E-state index contributed by atoms with van der Waals surface area (Å²) < 4.78 is 0. The molecule has 1 saturated heterocycles. The molecule has 0 aromatic rings. The van der Waals surface area contributed by atoms with Crippen LogP contribution in [0.3, 0.4) is 0 Å². The number of nitriles is 1. The van der Waals surface area contributed by atoms with Gasteiger partial charge in [-0.25, -0.2) is 5.26 Å². The fourth-order valence-corrected chi connectivity index (χ4v) is 1.57. The summed E-state index contributed by atoms with van der Waals surface area (Å²) >= 11 is 0. The number of nitrogens with one attached hydrogen (secondary N) is 1. The predicted octanol–water partition coefficient (Wildman–Crippen LogP) is 1.17. The Kier molecular flexibility index (Phi) is 2.56. The van der Waals surface area contributed by atoms with Crippen molar-refractivity contribution in [1.82, 2.24) is 5.32 Å². The summed E-state index contributed by atoms with van der Waals surface area (Å²) in [6.45, 7) is 6.78. The average molecular weight is 150 g/mol. The lowest BCUT2D eigenvalue weighted by molar-refractivity contribution is 0.224. The van der Waals surface area contributed by atoms with E-state index in [2.05, 4.69) is 25.1 Å². The summed E-state index contributed by atoms with van der Waals surface area (Å²) in [5, 5.41) is 12.0. The van der Waals surface area contributed by atoms with Gasteiger partial charge in [-0.1, -0.05) is 26.5 Å². The van der Waals surface area contributed by atoms with Crippen LogP contribution in [0.5, 0.6) is 0 Å². The molecule has 0 aromatic heterocycles. The van der Waals surface area contributed by atoms with Gasteiger partial charge in [0.05, 0.1) is 0 Å². The molecule has 0 bridgehead atoms. The Bertz CT molecular complexity index is 169. The highest BCUT2D eigenvalue weighted by Crippen LogP contribution is 2.28. The van der Waals surface area contributed by atoms with Crippen LogP contribution in [0, 0.1) is 16.6 Å². The van der Waals surface area contributed by atoms with Crippen LogP contribution in [0.2, 0.25) is 12.6 Å². The van der Waals surface area contributed by atoms with Crippen molar-refractivity contribution in [2.24, 2.45) is 5.41 Å². The molecule has 0 aromatic carbocycles. The maximum atomic E-state index is 8.74. The quantitative estimate of drug-likeness (QED) is 0.613. The molecule has 0 amide bonds. The first-order valence-corrected chi connectivity index (χ1v) is 4.30. The van der Waals surface area contributed by atoms with Gasteiger partial charge in [0, 0.05) is 19.1 Å². The first-order valence-electron chi connectivity index (χ1n) is 4.30. The number of hydrogen-bond donors (Lipinski definition) is 1. The van der Waals surface area contributed by atoms with Crippen molar-refractivity contribution >= 4 is 6.71 Å². The molecule has 60 valence electrons. The van der Waals surface area contributed by atoms with E-state index in [1.807, 2.05) is 0 Å². The molecule has 0 aliphatic carbocycles. The number of hydrogen-bond acceptors (Lipinski definition) is 2. The summed E-state index contributed by atoms with van der Waals surface area (Å²) in [5.74, 6) is 2.35. The third-order valence-corrected chi connectivity index (χ3v) is 2.52. The van der Waals surface area contributed by atoms with Gasteiger partial charge in [0.15, 0.2) is 0 Å². The summed E-state index contributed by atoms with van der Waals surface area (Å²) in [7, 11) is 0. The van der Waals surface area contributed by atoms with Gasteiger partial charge in [0.1, 0.15) is 0 Å². The fourth-order valence-electron chi connectivity index (χ4n) is 1.57. The van der Waals surface area contributed by atoms with E-state index < -0.39 is 0 Å². The molecule has 2 nitrogen and oxygen atoms in total. The number of rotatable bonds is 3. The van der Waals surface area contributed by atoms with Crippen LogP contribution in [0.15, 0.2) is 0 Å². The monoisotopic (exact) mass is 150 g/mol. The highest BCUT2D eigenvalue weighted by atomic mass is 15.0. The van der Waals surface area contributed by atoms with Crippen molar-refractivity contribution in [2.45, 2.75) is 26.5 Å². The van der Waals surface area contributed by atoms with Crippen molar-refractivity contribution in [3.63, 3.8) is 0 Å². The van der Waals surface area contributed by atoms with Crippen molar-refractivity contribution in [3.8, 4) is 5.97 Å². The van der Waals surface area contributed by atoms with Gasteiger partial charge in [-0.2, -0.15) is 0 Å². The van der Waals surface area contributed by atoms with E-state index in [0.29, 0.717) is 5.41 Å². The van der Waals surface area contributed by atoms with Crippen molar-refractivity contribution in [1.29, 1.82) is 5.26 Å². The smallest absolute Gasteiger partial charge is 0.268 e. The molecule has 11 heavy (non-hydrogen) atoms. The van der Waals surface area contributed by atoms with E-state index in [0.717, 1.165) is 25.7 Å². The van der Waals surface area contributed by atoms with Gasteiger partial charge in [0.25, 0.3) is 6.71 Å². The molecule has 0 saturated carbocycles. The summed E-state index contributed by atoms with van der Waals surface area (Å²) in [6, 6.07) is 0. The van der Waals surface area contributed by atoms with Crippen LogP contribution >= 0.6 is 0 Å². The Labute approximate surface area is 69.1 Å². The van der Waals surface area contributed by atoms with Crippen LogP contribution in [0.1, 0.15) is 13.8 Å². The molecule has 0 atom stereocenters. The predicted molar refractivity (Wildman–Crippen MR) is 47.6 cm³/mol. The normalized spacial score (nSPS) is 20.1. The molecule has 1 aliphatic heterocycles. The third-order valence-electron chi connectivity index (χ3n) is 2.52. The van der Waals surface area contributed by atoms with Crippen LogP contribution in [0.25, 0.3) is 0 Å². The molecule has 1 fully saturated rings. The largest absolute Gasteiger partial charge is 0.316 e. The minimum atomic E-state index is 0.266. The van der Waals surface area contributed by atoms with Crippen LogP contribution in [0.4, 0.5) is 0 Å². The van der Waals surface area contributed by atoms with Crippen LogP contribution in [-0.2, 0) is 0 Å². The van der Waals surface area contributed by atoms with Gasteiger partial charge in [-0.05, 0) is 5.41 Å². The molecule has 1 heterocycles. The van der Waals surface area contributed by atoms with E-state index in [1.165, 1.54) is 0 Å². The summed E-state index contributed by atoms with van der Waals surface area (Å²) in [4.78, 5) is 0. The summed E-state index contributed by atoms with van der Waals surface area (Å²) in [6.07, 6.45) is 2.05. The Hall–Kier alpha value is -0.485. The van der Waals surface area contributed by atoms with E-state index >= 15 is 0 Å². The second-order valence-electron chi connectivity index (χ2n) is 3.85. The zero-order valence-corrected chi connectivity index (χ0v) is 7.35. The third kappa shape index (κ3) is 1.97. The molecule has 3 heteroatoms. The molecule has 0 unspecified atom stereocenters. The van der Waals surface area contributed by atoms with Gasteiger partial charge >= 0.3 is 0 Å². The number of nitrogens with zero attached hydrogens (tertiary/aromatic N) is 1. The van der Waals surface area contributed by atoms with E-state index in [-0.39, 0.29) is 6.71 Å². The Balaban J connectivity index is 2.34. The van der Waals surface area contributed by atoms with Crippen molar-refractivity contribution < 1.29 is 0 Å². The molecular weight excluding hydrogens is 135 g/mol. The van der Waals surface area contributed by atoms with Crippen LogP contribution < -0.4 is 5.32 Å². The Morgan fingerprint density at radius 2 is 2.27 bits per heavy atom. The highest BCUT2D eigenvalue weighted by Gasteiger charge is 2.34. The zero-order valence-electron chi connectivity index (χ0n) is 7.35. The lowest BCUT2D eigenvalue weighted by Gasteiger charge is -2.40. The minimum absolute atomic E-state index is 0.266. The first kappa shape index (κ1) is 8.61. The van der Waals surface area contributed by atoms with Crippen molar-refractivity contribution in [2.75, 3.05) is 13.1 Å². The molecule has 1 aliphatic rings. The summed E-state index contributed by atoms with van der Waals surface area (Å²) in [5.41, 5.74) is 0.413. The first-order chi connectivity index (χ1) is 5.20. The second-order valence-corrected chi connectivity index (χ2v) is 3.85. The van der Waals surface area contributed by atoms with Gasteiger partial charge in [-0.3, -0.25) is 0 Å². The van der Waals surface area contributed by atoms with Gasteiger partial charge in [-0.15, -0.1) is 0 Å². The molecule has 0 radical (unpaired) electrons. The lowest BCUT2D eigenvalue weighted by atomic mass is 9.42. The highest BCUT2D eigenvalue weighted by molar-refractivity contribution is 6.66. The van der Waals surface area contributed by atoms with E-state index in [1.54, 1.807) is 0 Å².